The molecule has 1 atom stereocenters. The van der Waals surface area contributed by atoms with Gasteiger partial charge in [0, 0.05) is 11.5 Å². The molecule has 0 aliphatic carbocycles. The Morgan fingerprint density at radius 1 is 1.45 bits per heavy atom. The van der Waals surface area contributed by atoms with Gasteiger partial charge in [-0.05, 0) is 17.3 Å². The smallest absolute Gasteiger partial charge is 0.113 e. The minimum atomic E-state index is -0.796. The Hall–Kier alpha value is 0.490. The summed E-state index contributed by atoms with van der Waals surface area (Å²) in [6.07, 6.45) is 5.47. The summed E-state index contributed by atoms with van der Waals surface area (Å²) in [5.74, 6) is 1.88. The molecule has 0 radical (unpaired) electrons. The van der Waals surface area contributed by atoms with E-state index < -0.39 is 11.2 Å². The minimum absolute atomic E-state index is 0.796. The molecule has 0 aromatic heterocycles. The van der Waals surface area contributed by atoms with Crippen LogP contribution in [0.3, 0.4) is 0 Å². The Morgan fingerprint density at radius 2 is 2.09 bits per heavy atom. The van der Waals surface area contributed by atoms with Crippen molar-refractivity contribution >= 4 is 32.8 Å². The highest BCUT2D eigenvalue weighted by Gasteiger charge is 1.86. The first-order chi connectivity index (χ1) is 5.27. The summed E-state index contributed by atoms with van der Waals surface area (Å²) in [6.45, 7) is 3.61. The van der Waals surface area contributed by atoms with Gasteiger partial charge in [-0.2, -0.15) is 0 Å². The van der Waals surface area contributed by atoms with E-state index in [0.717, 1.165) is 11.5 Å². The van der Waals surface area contributed by atoms with Crippen LogP contribution in [0.5, 0.6) is 0 Å². The van der Waals surface area contributed by atoms with E-state index in [1.54, 1.807) is 33.3 Å². The molecular formula is C7H12OS3. The van der Waals surface area contributed by atoms with E-state index >= 15 is 0 Å². The third-order valence-electron chi connectivity index (χ3n) is 0.721. The molecule has 64 valence electrons. The van der Waals surface area contributed by atoms with Crippen LogP contribution < -0.4 is 0 Å². The Morgan fingerprint density at radius 3 is 2.64 bits per heavy atom. The van der Waals surface area contributed by atoms with Gasteiger partial charge in [0.05, 0.1) is 6.26 Å². The SMILES string of the molecule is C=CCSSC/C=C/[S+](C)[O-]. The van der Waals surface area contributed by atoms with Crippen LogP contribution in [-0.2, 0) is 11.2 Å². The Labute approximate surface area is 79.3 Å². The molecule has 11 heavy (non-hydrogen) atoms. The van der Waals surface area contributed by atoms with Crippen LogP contribution in [0.1, 0.15) is 0 Å². The van der Waals surface area contributed by atoms with E-state index in [2.05, 4.69) is 6.58 Å². The van der Waals surface area contributed by atoms with E-state index in [-0.39, 0.29) is 0 Å². The zero-order chi connectivity index (χ0) is 8.53. The predicted molar refractivity (Wildman–Crippen MR) is 58.3 cm³/mol. The molecule has 0 fully saturated rings. The molecule has 0 aromatic carbocycles. The van der Waals surface area contributed by atoms with Crippen molar-refractivity contribution < 1.29 is 4.55 Å². The van der Waals surface area contributed by atoms with Crippen molar-refractivity contribution in [3.63, 3.8) is 0 Å². The van der Waals surface area contributed by atoms with Gasteiger partial charge >= 0.3 is 0 Å². The normalized spacial score (nSPS) is 13.6. The highest BCUT2D eigenvalue weighted by atomic mass is 33.1. The number of hydrogen-bond acceptors (Lipinski definition) is 3. The van der Waals surface area contributed by atoms with E-state index in [0.29, 0.717) is 0 Å². The fourth-order valence-electron chi connectivity index (χ4n) is 0.358. The molecule has 0 amide bonds. The Balaban J connectivity index is 3.07. The summed E-state index contributed by atoms with van der Waals surface area (Å²) in [6, 6.07) is 0. The van der Waals surface area contributed by atoms with Gasteiger partial charge in [0.25, 0.3) is 0 Å². The standard InChI is InChI=1S/C7H12OS3/c1-3-5-9-10-6-4-7-11(2)8/h3-4,7H,1,5-6H2,2H3/b7-4+. The van der Waals surface area contributed by atoms with Crippen LogP contribution in [0, 0.1) is 0 Å². The molecule has 0 N–H and O–H groups in total. The molecule has 0 aliphatic heterocycles. The summed E-state index contributed by atoms with van der Waals surface area (Å²) >= 11 is -0.796. The molecule has 0 spiro atoms. The van der Waals surface area contributed by atoms with Crippen LogP contribution in [0.4, 0.5) is 0 Å². The van der Waals surface area contributed by atoms with Crippen molar-refractivity contribution in [2.45, 2.75) is 0 Å². The van der Waals surface area contributed by atoms with Gasteiger partial charge < -0.3 is 4.55 Å². The van der Waals surface area contributed by atoms with Crippen molar-refractivity contribution in [1.82, 2.24) is 0 Å². The average Bonchev–Trinajstić information content (AvgIpc) is 1.96. The monoisotopic (exact) mass is 208 g/mol. The molecule has 0 heterocycles. The van der Waals surface area contributed by atoms with Gasteiger partial charge in [-0.1, -0.05) is 27.7 Å². The molecule has 0 saturated heterocycles. The van der Waals surface area contributed by atoms with Crippen LogP contribution in [-0.4, -0.2) is 22.3 Å². The van der Waals surface area contributed by atoms with Gasteiger partial charge in [-0.15, -0.1) is 6.58 Å². The molecule has 1 unspecified atom stereocenters. The highest BCUT2D eigenvalue weighted by Crippen LogP contribution is 2.20. The molecule has 0 aromatic rings. The zero-order valence-corrected chi connectivity index (χ0v) is 8.94. The summed E-state index contributed by atoms with van der Waals surface area (Å²) in [4.78, 5) is 0. The van der Waals surface area contributed by atoms with Crippen LogP contribution in [0.25, 0.3) is 0 Å². The highest BCUT2D eigenvalue weighted by molar-refractivity contribution is 8.76. The average molecular weight is 208 g/mol. The second-order valence-corrected chi connectivity index (χ2v) is 5.55. The topological polar surface area (TPSA) is 23.1 Å². The first-order valence-electron chi connectivity index (χ1n) is 3.11. The molecule has 4 heteroatoms. The zero-order valence-electron chi connectivity index (χ0n) is 6.49. The summed E-state index contributed by atoms with van der Waals surface area (Å²) in [5, 5.41) is 1.71. The van der Waals surface area contributed by atoms with Gasteiger partial charge in [-0.3, -0.25) is 0 Å². The molecule has 0 aliphatic rings. The fourth-order valence-corrected chi connectivity index (χ4v) is 2.41. The lowest BCUT2D eigenvalue weighted by molar-refractivity contribution is 0.609. The van der Waals surface area contributed by atoms with Crippen LogP contribution in [0.15, 0.2) is 24.1 Å². The summed E-state index contributed by atoms with van der Waals surface area (Å²) in [5.41, 5.74) is 0. The first-order valence-corrected chi connectivity index (χ1v) is 7.22. The summed E-state index contributed by atoms with van der Waals surface area (Å²) < 4.78 is 10.5. The lowest BCUT2D eigenvalue weighted by Gasteiger charge is -1.95. The largest absolute Gasteiger partial charge is 0.612 e. The predicted octanol–water partition coefficient (Wildman–Crippen LogP) is 2.45. The quantitative estimate of drug-likeness (QED) is 0.290. The third-order valence-corrected chi connectivity index (χ3v) is 3.48. The Kier molecular flexibility index (Phi) is 8.97. The lowest BCUT2D eigenvalue weighted by Crippen LogP contribution is -1.87. The van der Waals surface area contributed by atoms with Crippen LogP contribution >= 0.6 is 21.6 Å². The van der Waals surface area contributed by atoms with Gasteiger partial charge in [0.15, 0.2) is 0 Å². The van der Waals surface area contributed by atoms with E-state index in [9.17, 15) is 4.55 Å². The lowest BCUT2D eigenvalue weighted by atomic mass is 10.8. The second kappa shape index (κ2) is 8.59. The molecule has 0 bridgehead atoms. The van der Waals surface area contributed by atoms with E-state index in [4.69, 9.17) is 0 Å². The summed E-state index contributed by atoms with van der Waals surface area (Å²) in [7, 11) is 3.50. The van der Waals surface area contributed by atoms with E-state index in [1.807, 2.05) is 12.2 Å². The first kappa shape index (κ1) is 11.5. The Bertz CT molecular complexity index is 123. The van der Waals surface area contributed by atoms with Gasteiger partial charge in [0.2, 0.25) is 0 Å². The maximum Gasteiger partial charge on any atom is 0.113 e. The molecule has 0 saturated carbocycles. The van der Waals surface area contributed by atoms with Crippen LogP contribution in [0.2, 0.25) is 0 Å². The maximum atomic E-state index is 10.5. The van der Waals surface area contributed by atoms with Crippen molar-refractivity contribution in [1.29, 1.82) is 0 Å². The third kappa shape index (κ3) is 10.5. The molecular weight excluding hydrogens is 196 g/mol. The number of hydrogen-bond donors (Lipinski definition) is 0. The van der Waals surface area contributed by atoms with E-state index in [1.165, 1.54) is 0 Å². The van der Waals surface area contributed by atoms with Crippen molar-refractivity contribution in [3.05, 3.63) is 24.1 Å². The maximum absolute atomic E-state index is 10.5. The minimum Gasteiger partial charge on any atom is -0.612 e. The molecule has 0 rings (SSSR count). The van der Waals surface area contributed by atoms with Crippen molar-refractivity contribution in [2.75, 3.05) is 17.8 Å². The molecule has 1 nitrogen and oxygen atoms in total. The fraction of sp³-hybridized carbons (Fsp3) is 0.429. The van der Waals surface area contributed by atoms with Gasteiger partial charge in [0.1, 0.15) is 5.41 Å². The van der Waals surface area contributed by atoms with Gasteiger partial charge in [-0.25, -0.2) is 0 Å². The second-order valence-electron chi connectivity index (χ2n) is 1.73. The van der Waals surface area contributed by atoms with Crippen molar-refractivity contribution in [2.24, 2.45) is 0 Å². The number of rotatable bonds is 6. The van der Waals surface area contributed by atoms with Crippen molar-refractivity contribution in [3.8, 4) is 0 Å².